The Morgan fingerprint density at radius 2 is 1.50 bits per heavy atom. The second-order valence-corrected chi connectivity index (χ2v) is 8.59. The molecule has 0 bridgehead atoms. The van der Waals surface area contributed by atoms with E-state index in [9.17, 15) is 39.0 Å². The first-order valence-corrected chi connectivity index (χ1v) is 10.2. The SMILES string of the molecule is CCOC1C(S(=O)(=O)O)=C(c2ccccc2)C(F)(S(=O)(=O)O)C(F)(F)C1(F)F. The van der Waals surface area contributed by atoms with E-state index in [0.717, 1.165) is 31.2 Å². The molecule has 2 atom stereocenters. The molecule has 1 aliphatic rings. The highest BCUT2D eigenvalue weighted by molar-refractivity contribution is 7.90. The number of halogens is 5. The van der Waals surface area contributed by atoms with Crippen LogP contribution in [0.5, 0.6) is 0 Å². The van der Waals surface area contributed by atoms with Crippen LogP contribution in [0.3, 0.4) is 0 Å². The zero-order chi connectivity index (χ0) is 21.8. The largest absolute Gasteiger partial charge is 0.367 e. The maximum absolute atomic E-state index is 15.3. The Kier molecular flexibility index (Phi) is 5.45. The highest BCUT2D eigenvalue weighted by atomic mass is 32.2. The molecule has 14 heteroatoms. The molecule has 1 aromatic carbocycles. The molecule has 0 aliphatic heterocycles. The van der Waals surface area contributed by atoms with Crippen LogP contribution in [0.1, 0.15) is 12.5 Å². The molecular weight excluding hydrogens is 439 g/mol. The van der Waals surface area contributed by atoms with Crippen LogP contribution in [0.15, 0.2) is 35.2 Å². The lowest BCUT2D eigenvalue weighted by Crippen LogP contribution is -2.68. The zero-order valence-electron chi connectivity index (χ0n) is 13.8. The molecule has 2 N–H and O–H groups in total. The average molecular weight is 452 g/mol. The lowest BCUT2D eigenvalue weighted by molar-refractivity contribution is -0.280. The maximum Gasteiger partial charge on any atom is 0.367 e. The third kappa shape index (κ3) is 3.03. The number of hydrogen-bond donors (Lipinski definition) is 2. The molecule has 2 unspecified atom stereocenters. The predicted molar refractivity (Wildman–Crippen MR) is 85.6 cm³/mol. The van der Waals surface area contributed by atoms with Gasteiger partial charge in [-0.1, -0.05) is 30.3 Å². The molecule has 1 aromatic rings. The predicted octanol–water partition coefficient (Wildman–Crippen LogP) is 2.53. The van der Waals surface area contributed by atoms with Crippen molar-refractivity contribution in [3.05, 3.63) is 40.8 Å². The van der Waals surface area contributed by atoms with Gasteiger partial charge in [-0.2, -0.15) is 34.4 Å². The first kappa shape index (κ1) is 22.7. The lowest BCUT2D eigenvalue weighted by Gasteiger charge is -2.45. The molecule has 0 saturated heterocycles. The van der Waals surface area contributed by atoms with Gasteiger partial charge in [0.15, 0.2) is 6.10 Å². The van der Waals surface area contributed by atoms with Crippen LogP contribution in [0, 0.1) is 0 Å². The number of alkyl halides is 5. The van der Waals surface area contributed by atoms with Gasteiger partial charge < -0.3 is 4.74 Å². The van der Waals surface area contributed by atoms with Gasteiger partial charge in [0.1, 0.15) is 4.91 Å². The number of benzene rings is 1. The summed E-state index contributed by atoms with van der Waals surface area (Å²) in [4.78, 5) is -2.14. The summed E-state index contributed by atoms with van der Waals surface area (Å²) in [5.74, 6) is -12.0. The van der Waals surface area contributed by atoms with E-state index in [0.29, 0.717) is 0 Å². The van der Waals surface area contributed by atoms with Gasteiger partial charge in [-0.15, -0.1) is 0 Å². The van der Waals surface area contributed by atoms with E-state index >= 15 is 4.39 Å². The standard InChI is InChI=1S/C14H13F5O7S2/c1-2-26-11-10(27(20,21)22)9(8-6-4-3-5-7-8)13(17,28(23,24)25)14(18,19)12(11,15)16/h3-7,11H,2H2,1H3,(H,20,21,22)(H,23,24,25). The van der Waals surface area contributed by atoms with E-state index in [1.54, 1.807) is 0 Å². The Bertz CT molecular complexity index is 1010. The maximum atomic E-state index is 15.3. The van der Waals surface area contributed by atoms with Crippen molar-refractivity contribution in [1.82, 2.24) is 0 Å². The van der Waals surface area contributed by atoms with Crippen LogP contribution in [0.2, 0.25) is 0 Å². The molecular formula is C14H13F5O7S2. The highest BCUT2D eigenvalue weighted by Gasteiger charge is 2.84. The van der Waals surface area contributed by atoms with Crippen molar-refractivity contribution in [2.45, 2.75) is 29.9 Å². The summed E-state index contributed by atoms with van der Waals surface area (Å²) in [7, 11) is -12.6. The summed E-state index contributed by atoms with van der Waals surface area (Å²) in [6.45, 7) is 0.223. The minimum atomic E-state index is -6.72. The summed E-state index contributed by atoms with van der Waals surface area (Å²) in [6.07, 6.45) is -3.44. The number of hydrogen-bond acceptors (Lipinski definition) is 5. The van der Waals surface area contributed by atoms with Crippen molar-refractivity contribution in [1.29, 1.82) is 0 Å². The molecule has 0 aromatic heterocycles. The van der Waals surface area contributed by atoms with Crippen LogP contribution in [-0.4, -0.2) is 55.5 Å². The summed E-state index contributed by atoms with van der Waals surface area (Å²) in [5, 5.41) is -5.62. The van der Waals surface area contributed by atoms with E-state index < -0.39 is 65.8 Å². The molecule has 158 valence electrons. The van der Waals surface area contributed by atoms with Gasteiger partial charge in [0, 0.05) is 12.2 Å². The topological polar surface area (TPSA) is 118 Å². The van der Waals surface area contributed by atoms with E-state index in [1.807, 2.05) is 0 Å². The average Bonchev–Trinajstić information content (AvgIpc) is 2.54. The number of ether oxygens (including phenoxy) is 1. The molecule has 0 radical (unpaired) electrons. The molecule has 0 fully saturated rings. The molecule has 1 aliphatic carbocycles. The quantitative estimate of drug-likeness (QED) is 0.521. The summed E-state index contributed by atoms with van der Waals surface area (Å²) < 4.78 is 143. The van der Waals surface area contributed by atoms with Crippen molar-refractivity contribution in [2.75, 3.05) is 6.61 Å². The monoisotopic (exact) mass is 452 g/mol. The van der Waals surface area contributed by atoms with Gasteiger partial charge >= 0.3 is 27.0 Å². The van der Waals surface area contributed by atoms with Crippen molar-refractivity contribution in [3.63, 3.8) is 0 Å². The van der Waals surface area contributed by atoms with Gasteiger partial charge in [0.05, 0.1) is 0 Å². The van der Waals surface area contributed by atoms with Gasteiger partial charge in [0.25, 0.3) is 10.1 Å². The first-order valence-electron chi connectivity index (χ1n) is 7.35. The zero-order valence-corrected chi connectivity index (χ0v) is 15.4. The molecule has 2 rings (SSSR count). The van der Waals surface area contributed by atoms with Crippen molar-refractivity contribution in [2.24, 2.45) is 0 Å². The molecule has 0 spiro atoms. The lowest BCUT2D eigenvalue weighted by atomic mass is 9.84. The van der Waals surface area contributed by atoms with Gasteiger partial charge in [0.2, 0.25) is 0 Å². The Balaban J connectivity index is 3.22. The third-order valence-corrected chi connectivity index (χ3v) is 6.13. The Morgan fingerprint density at radius 3 is 1.89 bits per heavy atom. The van der Waals surface area contributed by atoms with Crippen LogP contribution >= 0.6 is 0 Å². The van der Waals surface area contributed by atoms with Crippen LogP contribution in [-0.2, 0) is 25.0 Å². The minimum Gasteiger partial charge on any atom is -0.366 e. The van der Waals surface area contributed by atoms with Crippen LogP contribution in [0.25, 0.3) is 5.57 Å². The molecule has 28 heavy (non-hydrogen) atoms. The van der Waals surface area contributed by atoms with E-state index in [4.69, 9.17) is 4.55 Å². The first-order chi connectivity index (χ1) is 12.5. The minimum absolute atomic E-state index is 0.725. The van der Waals surface area contributed by atoms with E-state index in [2.05, 4.69) is 4.74 Å². The van der Waals surface area contributed by atoms with Crippen molar-refractivity contribution >= 4 is 25.8 Å². The normalized spacial score (nSPS) is 27.6. The van der Waals surface area contributed by atoms with Gasteiger partial charge in [-0.3, -0.25) is 9.11 Å². The Hall–Kier alpha value is -1.61. The fourth-order valence-electron chi connectivity index (χ4n) is 2.83. The van der Waals surface area contributed by atoms with Crippen LogP contribution < -0.4 is 0 Å². The molecule has 7 nitrogen and oxygen atoms in total. The van der Waals surface area contributed by atoms with Gasteiger partial charge in [-0.25, -0.2) is 4.39 Å². The Morgan fingerprint density at radius 1 is 1.00 bits per heavy atom. The van der Waals surface area contributed by atoms with E-state index in [1.165, 1.54) is 6.07 Å². The molecule has 0 amide bonds. The molecule has 0 heterocycles. The van der Waals surface area contributed by atoms with Crippen molar-refractivity contribution in [3.8, 4) is 0 Å². The smallest absolute Gasteiger partial charge is 0.366 e. The Labute approximate surface area is 156 Å². The molecule has 0 saturated carbocycles. The van der Waals surface area contributed by atoms with Gasteiger partial charge in [-0.05, 0) is 12.5 Å². The summed E-state index contributed by atoms with van der Waals surface area (Å²) in [6, 6.07) is 4.73. The second-order valence-electron chi connectivity index (χ2n) is 5.68. The summed E-state index contributed by atoms with van der Waals surface area (Å²) >= 11 is 0. The highest BCUT2D eigenvalue weighted by Crippen LogP contribution is 2.61. The number of rotatable bonds is 5. The fraction of sp³-hybridized carbons (Fsp3) is 0.429. The van der Waals surface area contributed by atoms with E-state index in [-0.39, 0.29) is 0 Å². The van der Waals surface area contributed by atoms with Crippen LogP contribution in [0.4, 0.5) is 22.0 Å². The summed E-state index contributed by atoms with van der Waals surface area (Å²) in [5.41, 5.74) is -3.00. The van der Waals surface area contributed by atoms with Crippen molar-refractivity contribution < 1.29 is 52.6 Å². The fourth-order valence-corrected chi connectivity index (χ4v) is 4.84. The third-order valence-electron chi connectivity index (χ3n) is 3.99. The second kappa shape index (κ2) is 6.73.